The lowest BCUT2D eigenvalue weighted by molar-refractivity contribution is 0.115. The van der Waals surface area contributed by atoms with Crippen molar-refractivity contribution in [1.82, 2.24) is 4.98 Å². The molecule has 68 valence electrons. The molecule has 4 heteroatoms. The fourth-order valence-corrected chi connectivity index (χ4v) is 2.25. The first kappa shape index (κ1) is 10.2. The minimum Gasteiger partial charge on any atom is -0.386 e. The molecule has 1 rings (SSSR count). The summed E-state index contributed by atoms with van der Waals surface area (Å²) in [4.78, 5) is 4.16. The molecule has 2 nitrogen and oxygen atoms in total. The van der Waals surface area contributed by atoms with Crippen LogP contribution in [0.1, 0.15) is 31.4 Å². The monoisotopic (exact) mass is 249 g/mol. The molecule has 0 spiro atoms. The third kappa shape index (κ3) is 2.28. The van der Waals surface area contributed by atoms with Gasteiger partial charge in [-0.15, -0.1) is 11.3 Å². The van der Waals surface area contributed by atoms with Gasteiger partial charge in [-0.1, -0.05) is 20.3 Å². The highest BCUT2D eigenvalue weighted by Crippen LogP contribution is 2.27. The van der Waals surface area contributed by atoms with Gasteiger partial charge in [-0.2, -0.15) is 0 Å². The van der Waals surface area contributed by atoms with Gasteiger partial charge in [-0.05, 0) is 21.8 Å². The van der Waals surface area contributed by atoms with Gasteiger partial charge in [-0.3, -0.25) is 0 Å². The molecule has 2 atom stereocenters. The van der Waals surface area contributed by atoms with Crippen LogP contribution in [0.4, 0.5) is 0 Å². The topological polar surface area (TPSA) is 33.1 Å². The number of nitrogens with zero attached hydrogens (tertiary/aromatic N) is 1. The van der Waals surface area contributed by atoms with E-state index in [1.807, 2.05) is 12.3 Å². The Kier molecular flexibility index (Phi) is 3.68. The number of aliphatic hydroxyl groups excluding tert-OH is 1. The lowest BCUT2D eigenvalue weighted by atomic mass is 10.0. The van der Waals surface area contributed by atoms with Gasteiger partial charge in [0.1, 0.15) is 15.7 Å². The van der Waals surface area contributed by atoms with E-state index in [9.17, 15) is 5.11 Å². The van der Waals surface area contributed by atoms with Crippen LogP contribution in [0.25, 0.3) is 0 Å². The Morgan fingerprint density at radius 2 is 2.42 bits per heavy atom. The van der Waals surface area contributed by atoms with Crippen molar-refractivity contribution in [1.29, 1.82) is 0 Å². The van der Waals surface area contributed by atoms with E-state index in [1.54, 1.807) is 0 Å². The maximum Gasteiger partial charge on any atom is 0.123 e. The maximum absolute atomic E-state index is 9.73. The minimum absolute atomic E-state index is 0.281. The highest BCUT2D eigenvalue weighted by molar-refractivity contribution is 9.10. The van der Waals surface area contributed by atoms with Crippen LogP contribution in [0, 0.1) is 5.92 Å². The van der Waals surface area contributed by atoms with Crippen molar-refractivity contribution in [3.05, 3.63) is 15.0 Å². The Labute approximate surface area is 84.8 Å². The van der Waals surface area contributed by atoms with Crippen LogP contribution in [0.15, 0.2) is 9.98 Å². The zero-order valence-corrected chi connectivity index (χ0v) is 9.52. The second kappa shape index (κ2) is 4.35. The summed E-state index contributed by atoms with van der Waals surface area (Å²) < 4.78 is 0.810. The number of aliphatic hydroxyl groups is 1. The second-order valence-corrected chi connectivity index (χ2v) is 4.54. The van der Waals surface area contributed by atoms with Gasteiger partial charge in [0.25, 0.3) is 0 Å². The predicted octanol–water partition coefficient (Wildman–Crippen LogP) is 2.99. The summed E-state index contributed by atoms with van der Waals surface area (Å²) in [5, 5.41) is 12.4. The molecular formula is C8H12BrNOS. The van der Waals surface area contributed by atoms with Crippen molar-refractivity contribution in [2.24, 2.45) is 5.92 Å². The maximum atomic E-state index is 9.73. The van der Waals surface area contributed by atoms with Crippen LogP contribution >= 0.6 is 27.3 Å². The van der Waals surface area contributed by atoms with Gasteiger partial charge in [0.2, 0.25) is 0 Å². The van der Waals surface area contributed by atoms with Crippen molar-refractivity contribution in [2.75, 3.05) is 0 Å². The molecule has 0 saturated heterocycles. The van der Waals surface area contributed by atoms with Gasteiger partial charge in [0.05, 0.1) is 0 Å². The first-order valence-electron chi connectivity index (χ1n) is 3.94. The lowest BCUT2D eigenvalue weighted by Crippen LogP contribution is -2.07. The summed E-state index contributed by atoms with van der Waals surface area (Å²) >= 11 is 4.75. The Balaban J connectivity index is 2.70. The fraction of sp³-hybridized carbons (Fsp3) is 0.625. The molecule has 1 heterocycles. The van der Waals surface area contributed by atoms with E-state index in [-0.39, 0.29) is 5.92 Å². The van der Waals surface area contributed by atoms with Crippen molar-refractivity contribution in [2.45, 2.75) is 26.4 Å². The number of thiazole rings is 1. The molecule has 0 aliphatic heterocycles. The number of hydrogen-bond acceptors (Lipinski definition) is 3. The van der Waals surface area contributed by atoms with E-state index >= 15 is 0 Å². The summed E-state index contributed by atoms with van der Waals surface area (Å²) in [6.45, 7) is 4.09. The molecule has 2 unspecified atom stereocenters. The summed E-state index contributed by atoms with van der Waals surface area (Å²) in [6.07, 6.45) is 0.560. The molecule has 0 fully saturated rings. The Bertz CT molecular complexity index is 251. The lowest BCUT2D eigenvalue weighted by Gasteiger charge is -2.13. The number of halogens is 1. The summed E-state index contributed by atoms with van der Waals surface area (Å²) in [6, 6.07) is 0. The van der Waals surface area contributed by atoms with E-state index in [0.29, 0.717) is 0 Å². The number of rotatable bonds is 3. The summed E-state index contributed by atoms with van der Waals surface area (Å²) in [7, 11) is 0. The molecule has 1 aromatic heterocycles. The first-order valence-corrected chi connectivity index (χ1v) is 5.61. The number of hydrogen-bond donors (Lipinski definition) is 1. The molecule has 1 N–H and O–H groups in total. The molecule has 1 aromatic rings. The molecule has 0 radical (unpaired) electrons. The first-order chi connectivity index (χ1) is 5.65. The van der Waals surface area contributed by atoms with Gasteiger partial charge >= 0.3 is 0 Å². The van der Waals surface area contributed by atoms with Gasteiger partial charge in [0.15, 0.2) is 0 Å². The van der Waals surface area contributed by atoms with E-state index in [0.717, 1.165) is 16.0 Å². The van der Waals surface area contributed by atoms with Gasteiger partial charge in [-0.25, -0.2) is 4.98 Å². The van der Waals surface area contributed by atoms with E-state index in [2.05, 4.69) is 27.8 Å². The van der Waals surface area contributed by atoms with Gasteiger partial charge < -0.3 is 5.11 Å². The normalized spacial score (nSPS) is 16.0. The largest absolute Gasteiger partial charge is 0.386 e. The molecular weight excluding hydrogens is 238 g/mol. The Hall–Kier alpha value is 0.0700. The molecule has 0 bridgehead atoms. The molecule has 0 aliphatic carbocycles. The highest BCUT2D eigenvalue weighted by atomic mass is 79.9. The molecule has 0 aromatic carbocycles. The van der Waals surface area contributed by atoms with Crippen molar-refractivity contribution >= 4 is 27.3 Å². The molecule has 0 amide bonds. The molecule has 12 heavy (non-hydrogen) atoms. The molecule has 0 aliphatic rings. The fourth-order valence-electron chi connectivity index (χ4n) is 0.869. The van der Waals surface area contributed by atoms with Crippen LogP contribution in [-0.2, 0) is 0 Å². The molecule has 0 saturated carbocycles. The van der Waals surface area contributed by atoms with Crippen LogP contribution in [-0.4, -0.2) is 10.1 Å². The second-order valence-electron chi connectivity index (χ2n) is 2.84. The zero-order valence-electron chi connectivity index (χ0n) is 7.12. The van der Waals surface area contributed by atoms with Gasteiger partial charge in [0, 0.05) is 5.38 Å². The summed E-state index contributed by atoms with van der Waals surface area (Å²) in [5.74, 6) is 0.281. The Morgan fingerprint density at radius 3 is 2.83 bits per heavy atom. The standard InChI is InChI=1S/C8H12BrNOS/c1-3-5(2)7(11)8-10-6(9)4-12-8/h4-5,7,11H,3H2,1-2H3. The quantitative estimate of drug-likeness (QED) is 0.894. The van der Waals surface area contributed by atoms with Crippen molar-refractivity contribution in [3.63, 3.8) is 0 Å². The van der Waals surface area contributed by atoms with Crippen LogP contribution < -0.4 is 0 Å². The third-order valence-corrected chi connectivity index (χ3v) is 3.55. The Morgan fingerprint density at radius 1 is 1.75 bits per heavy atom. The average Bonchev–Trinajstić information content (AvgIpc) is 2.49. The zero-order chi connectivity index (χ0) is 9.14. The van der Waals surface area contributed by atoms with E-state index in [4.69, 9.17) is 0 Å². The highest BCUT2D eigenvalue weighted by Gasteiger charge is 2.17. The smallest absolute Gasteiger partial charge is 0.123 e. The predicted molar refractivity (Wildman–Crippen MR) is 54.2 cm³/mol. The van der Waals surface area contributed by atoms with Crippen LogP contribution in [0.5, 0.6) is 0 Å². The minimum atomic E-state index is -0.411. The number of aromatic nitrogens is 1. The summed E-state index contributed by atoms with van der Waals surface area (Å²) in [5.41, 5.74) is 0. The average molecular weight is 250 g/mol. The van der Waals surface area contributed by atoms with Crippen LogP contribution in [0.2, 0.25) is 0 Å². The van der Waals surface area contributed by atoms with E-state index in [1.165, 1.54) is 11.3 Å². The SMILES string of the molecule is CCC(C)C(O)c1nc(Br)cs1. The van der Waals surface area contributed by atoms with E-state index < -0.39 is 6.10 Å². The van der Waals surface area contributed by atoms with Crippen molar-refractivity contribution in [3.8, 4) is 0 Å². The third-order valence-electron chi connectivity index (χ3n) is 1.93. The van der Waals surface area contributed by atoms with Crippen LogP contribution in [0.3, 0.4) is 0 Å². The van der Waals surface area contributed by atoms with Crippen molar-refractivity contribution < 1.29 is 5.11 Å².